The van der Waals surface area contributed by atoms with Gasteiger partial charge >= 0.3 is 6.09 Å². The highest BCUT2D eigenvalue weighted by Crippen LogP contribution is 2.40. The van der Waals surface area contributed by atoms with E-state index in [2.05, 4.69) is 74.7 Å². The van der Waals surface area contributed by atoms with E-state index in [0.717, 1.165) is 12.0 Å². The number of rotatable bonds is 12. The topological polar surface area (TPSA) is 65.1 Å². The second-order valence-corrected chi connectivity index (χ2v) is 23.6. The fourth-order valence-electron chi connectivity index (χ4n) is 4.06. The average molecular weight is 564 g/mol. The van der Waals surface area contributed by atoms with Crippen LogP contribution in [0.2, 0.25) is 36.3 Å². The Morgan fingerprint density at radius 2 is 1.61 bits per heavy atom. The van der Waals surface area contributed by atoms with Gasteiger partial charge in [-0.25, -0.2) is 9.69 Å². The van der Waals surface area contributed by atoms with Gasteiger partial charge in [0.15, 0.2) is 16.6 Å². The van der Waals surface area contributed by atoms with Gasteiger partial charge < -0.3 is 13.6 Å². The summed E-state index contributed by atoms with van der Waals surface area (Å²) in [7, 11) is -3.90. The van der Waals surface area contributed by atoms with Crippen molar-refractivity contribution >= 4 is 28.6 Å². The minimum absolute atomic E-state index is 0.000828. The van der Waals surface area contributed by atoms with Crippen LogP contribution in [-0.4, -0.2) is 58.9 Å². The molecule has 2 rings (SSSR count). The Morgan fingerprint density at radius 3 is 2.16 bits per heavy atom. The van der Waals surface area contributed by atoms with E-state index in [4.69, 9.17) is 13.6 Å². The zero-order chi connectivity index (χ0) is 28.9. The van der Waals surface area contributed by atoms with E-state index in [1.807, 2.05) is 30.3 Å². The standard InChI is InChI=1S/C30H53NO5Si2/c1-23(21-35-37(8,9)29(2,3)4)26(36-38(10,11)30(5,6)7)18-15-19-27(32)31-25(22-34-28(31)33)20-24-16-13-12-14-17-24/h12-14,16-17,23,25-26H,15,18-22H2,1-11H3/t23-,25+,26-/m0/s1. The van der Waals surface area contributed by atoms with E-state index in [9.17, 15) is 9.59 Å². The van der Waals surface area contributed by atoms with E-state index >= 15 is 0 Å². The number of amides is 2. The number of nitrogens with zero attached hydrogens (tertiary/aromatic N) is 1. The fourth-order valence-corrected chi connectivity index (χ4v) is 6.63. The second-order valence-electron chi connectivity index (χ2n) is 14.0. The number of cyclic esters (lactones) is 1. The molecule has 1 aromatic carbocycles. The van der Waals surface area contributed by atoms with Crippen molar-refractivity contribution in [2.75, 3.05) is 13.2 Å². The smallest absolute Gasteiger partial charge is 0.416 e. The third-order valence-corrected chi connectivity index (χ3v) is 17.8. The molecule has 1 aliphatic heterocycles. The summed E-state index contributed by atoms with van der Waals surface area (Å²) < 4.78 is 18.7. The molecule has 0 radical (unpaired) electrons. The average Bonchev–Trinajstić information content (AvgIpc) is 3.15. The number of hydrogen-bond donors (Lipinski definition) is 0. The molecule has 8 heteroatoms. The van der Waals surface area contributed by atoms with Crippen LogP contribution in [0.4, 0.5) is 4.79 Å². The molecule has 1 saturated heterocycles. The largest absolute Gasteiger partial charge is 0.447 e. The van der Waals surface area contributed by atoms with E-state index in [0.29, 0.717) is 25.9 Å². The highest BCUT2D eigenvalue weighted by atomic mass is 28.4. The molecule has 38 heavy (non-hydrogen) atoms. The maximum Gasteiger partial charge on any atom is 0.416 e. The Morgan fingerprint density at radius 1 is 1.03 bits per heavy atom. The summed E-state index contributed by atoms with van der Waals surface area (Å²) in [5.74, 6) is 0.0422. The van der Waals surface area contributed by atoms with E-state index in [1.165, 1.54) is 4.90 Å². The lowest BCUT2D eigenvalue weighted by Gasteiger charge is -2.42. The van der Waals surface area contributed by atoms with Gasteiger partial charge in [0, 0.05) is 25.0 Å². The van der Waals surface area contributed by atoms with Gasteiger partial charge in [-0.1, -0.05) is 78.8 Å². The van der Waals surface area contributed by atoms with E-state index in [1.54, 1.807) is 0 Å². The first-order valence-corrected chi connectivity index (χ1v) is 20.0. The molecule has 0 aromatic heterocycles. The van der Waals surface area contributed by atoms with Crippen molar-refractivity contribution in [2.45, 2.75) is 123 Å². The van der Waals surface area contributed by atoms with Crippen LogP contribution in [0.5, 0.6) is 0 Å². The molecule has 6 nitrogen and oxygen atoms in total. The zero-order valence-corrected chi connectivity index (χ0v) is 27.8. The Bertz CT molecular complexity index is 921. The van der Waals surface area contributed by atoms with Gasteiger partial charge in [0.2, 0.25) is 5.91 Å². The van der Waals surface area contributed by atoms with Gasteiger partial charge in [0.1, 0.15) is 6.61 Å². The van der Waals surface area contributed by atoms with E-state index in [-0.39, 0.29) is 40.7 Å². The second kappa shape index (κ2) is 12.8. The van der Waals surface area contributed by atoms with Crippen molar-refractivity contribution in [1.82, 2.24) is 4.90 Å². The van der Waals surface area contributed by atoms with Crippen molar-refractivity contribution in [1.29, 1.82) is 0 Å². The third kappa shape index (κ3) is 8.76. The lowest BCUT2D eigenvalue weighted by Crippen LogP contribution is -2.47. The molecule has 1 aliphatic rings. The highest BCUT2D eigenvalue weighted by Gasteiger charge is 2.42. The summed E-state index contributed by atoms with van der Waals surface area (Å²) in [4.78, 5) is 27.0. The molecule has 1 heterocycles. The normalized spacial score (nSPS) is 18.9. The molecule has 0 bridgehead atoms. The van der Waals surface area contributed by atoms with Gasteiger partial charge in [0.05, 0.1) is 6.04 Å². The van der Waals surface area contributed by atoms with Crippen molar-refractivity contribution in [3.63, 3.8) is 0 Å². The van der Waals surface area contributed by atoms with Gasteiger partial charge in [-0.15, -0.1) is 0 Å². The molecule has 216 valence electrons. The van der Waals surface area contributed by atoms with Crippen molar-refractivity contribution in [3.8, 4) is 0 Å². The minimum atomic E-state index is -2.02. The summed E-state index contributed by atoms with van der Waals surface area (Å²) >= 11 is 0. The number of carbonyl (C=O) groups is 2. The maximum atomic E-state index is 13.2. The first-order valence-electron chi connectivity index (χ1n) is 14.2. The third-order valence-electron chi connectivity index (χ3n) is 8.82. The number of imide groups is 1. The summed E-state index contributed by atoms with van der Waals surface area (Å²) in [6.45, 7) is 25.8. The number of benzene rings is 1. The molecule has 3 atom stereocenters. The van der Waals surface area contributed by atoms with Gasteiger partial charge in [-0.2, -0.15) is 0 Å². The molecule has 0 spiro atoms. The zero-order valence-electron chi connectivity index (χ0n) is 25.8. The SMILES string of the molecule is C[C@@H](CO[Si](C)(C)C(C)(C)C)[C@H](CCCC(=O)N1C(=O)OC[C@H]1Cc1ccccc1)O[Si](C)(C)C(C)(C)C. The van der Waals surface area contributed by atoms with Crippen LogP contribution < -0.4 is 0 Å². The predicted octanol–water partition coefficient (Wildman–Crippen LogP) is 7.80. The summed E-state index contributed by atoms with van der Waals surface area (Å²) in [5, 5.41) is 0.237. The van der Waals surface area contributed by atoms with Crippen LogP contribution in [0.3, 0.4) is 0 Å². The number of hydrogen-bond acceptors (Lipinski definition) is 5. The summed E-state index contributed by atoms with van der Waals surface area (Å²) in [5.41, 5.74) is 1.09. The number of carbonyl (C=O) groups excluding carboxylic acids is 2. The van der Waals surface area contributed by atoms with Crippen LogP contribution in [0.1, 0.15) is 73.3 Å². The van der Waals surface area contributed by atoms with Crippen LogP contribution in [0, 0.1) is 5.92 Å². The Kier molecular flexibility index (Phi) is 11.0. The lowest BCUT2D eigenvalue weighted by molar-refractivity contribution is -0.129. The Labute approximate surface area is 234 Å². The van der Waals surface area contributed by atoms with Crippen LogP contribution in [0.15, 0.2) is 30.3 Å². The van der Waals surface area contributed by atoms with Crippen molar-refractivity contribution in [2.24, 2.45) is 5.92 Å². The van der Waals surface area contributed by atoms with Crippen molar-refractivity contribution < 1.29 is 23.2 Å². The highest BCUT2D eigenvalue weighted by molar-refractivity contribution is 6.74. The predicted molar refractivity (Wildman–Crippen MR) is 160 cm³/mol. The molecular weight excluding hydrogens is 511 g/mol. The maximum absolute atomic E-state index is 13.2. The molecule has 0 N–H and O–H groups in total. The van der Waals surface area contributed by atoms with Crippen molar-refractivity contribution in [3.05, 3.63) is 35.9 Å². The van der Waals surface area contributed by atoms with Gasteiger partial charge in [-0.3, -0.25) is 4.79 Å². The lowest BCUT2D eigenvalue weighted by atomic mass is 10.00. The molecular formula is C30H53NO5Si2. The molecule has 1 aromatic rings. The Balaban J connectivity index is 2.06. The minimum Gasteiger partial charge on any atom is -0.447 e. The first-order chi connectivity index (χ1) is 17.4. The van der Waals surface area contributed by atoms with Gasteiger partial charge in [0.25, 0.3) is 0 Å². The molecule has 2 amide bonds. The van der Waals surface area contributed by atoms with Crippen LogP contribution in [-0.2, 0) is 24.8 Å². The first kappa shape index (κ1) is 32.7. The van der Waals surface area contributed by atoms with Crippen LogP contribution in [0.25, 0.3) is 0 Å². The monoisotopic (exact) mass is 563 g/mol. The quantitative estimate of drug-likeness (QED) is 0.243. The summed E-state index contributed by atoms with van der Waals surface area (Å²) in [6, 6.07) is 9.68. The van der Waals surface area contributed by atoms with Gasteiger partial charge in [-0.05, 0) is 61.1 Å². The Hall–Kier alpha value is -1.49. The molecule has 1 fully saturated rings. The number of ether oxygens (including phenoxy) is 1. The summed E-state index contributed by atoms with van der Waals surface area (Å²) in [6.07, 6.45) is 1.79. The fraction of sp³-hybridized carbons (Fsp3) is 0.733. The molecule has 0 unspecified atom stereocenters. The molecule has 0 saturated carbocycles. The molecule has 0 aliphatic carbocycles. The van der Waals surface area contributed by atoms with E-state index < -0.39 is 22.7 Å². The van der Waals surface area contributed by atoms with Crippen LogP contribution >= 0.6 is 0 Å².